The molecule has 0 saturated heterocycles. The highest BCUT2D eigenvalue weighted by Gasteiger charge is 2.24. The molecule has 1 fully saturated rings. The van der Waals surface area contributed by atoms with Crippen LogP contribution in [0.1, 0.15) is 49.8 Å². The molecule has 0 radical (unpaired) electrons. The van der Waals surface area contributed by atoms with Crippen LogP contribution in [0.5, 0.6) is 0 Å². The molecule has 2 aromatic rings. The molecule has 2 heterocycles. The van der Waals surface area contributed by atoms with Crippen molar-refractivity contribution in [1.82, 2.24) is 25.4 Å². The molecule has 2 aromatic heterocycles. The number of guanidine groups is 1. The van der Waals surface area contributed by atoms with Crippen LogP contribution in [-0.4, -0.2) is 38.4 Å². The molecule has 1 saturated carbocycles. The molecule has 0 amide bonds. The average Bonchev–Trinajstić information content (AvgIpc) is 3.36. The van der Waals surface area contributed by atoms with E-state index < -0.39 is 5.60 Å². The summed E-state index contributed by atoms with van der Waals surface area (Å²) in [5.41, 5.74) is -0.0291. The van der Waals surface area contributed by atoms with Gasteiger partial charge in [0.15, 0.2) is 11.8 Å². The van der Waals surface area contributed by atoms with E-state index in [0.29, 0.717) is 25.1 Å². The first-order valence-electron chi connectivity index (χ1n) is 9.10. The first-order valence-corrected chi connectivity index (χ1v) is 10.0. The van der Waals surface area contributed by atoms with Crippen LogP contribution in [0, 0.1) is 6.92 Å². The van der Waals surface area contributed by atoms with Crippen molar-refractivity contribution in [3.63, 3.8) is 0 Å². The van der Waals surface area contributed by atoms with Crippen LogP contribution in [0.15, 0.2) is 21.8 Å². The highest BCUT2D eigenvalue weighted by molar-refractivity contribution is 7.08. The average molecular weight is 377 g/mol. The lowest BCUT2D eigenvalue weighted by Gasteiger charge is -2.25. The van der Waals surface area contributed by atoms with Crippen LogP contribution in [-0.2, 0) is 19.2 Å². The molecule has 0 aliphatic heterocycles. The Hall–Kier alpha value is -1.93. The van der Waals surface area contributed by atoms with Gasteiger partial charge in [-0.2, -0.15) is 11.3 Å². The van der Waals surface area contributed by atoms with E-state index in [0.717, 1.165) is 30.1 Å². The van der Waals surface area contributed by atoms with E-state index in [4.69, 9.17) is 0 Å². The Morgan fingerprint density at radius 1 is 1.42 bits per heavy atom. The fraction of sp³-hybridized carbons (Fsp3) is 0.611. The van der Waals surface area contributed by atoms with Gasteiger partial charge in [-0.25, -0.2) is 4.99 Å². The van der Waals surface area contributed by atoms with Crippen molar-refractivity contribution in [2.24, 2.45) is 12.0 Å². The third-order valence-electron chi connectivity index (χ3n) is 5.00. The summed E-state index contributed by atoms with van der Waals surface area (Å²) in [6.07, 6.45) is 4.81. The van der Waals surface area contributed by atoms with Gasteiger partial charge in [0.25, 0.3) is 0 Å². The van der Waals surface area contributed by atoms with E-state index in [1.807, 2.05) is 42.3 Å². The zero-order valence-electron chi connectivity index (χ0n) is 15.7. The van der Waals surface area contributed by atoms with E-state index in [1.54, 1.807) is 11.3 Å². The molecule has 1 aliphatic rings. The van der Waals surface area contributed by atoms with Crippen molar-refractivity contribution in [2.75, 3.05) is 6.54 Å². The molecule has 1 atom stereocenters. The normalized spacial score (nSPS) is 18.1. The summed E-state index contributed by atoms with van der Waals surface area (Å²) in [6, 6.07) is 2.39. The van der Waals surface area contributed by atoms with Crippen LogP contribution in [0.2, 0.25) is 0 Å². The van der Waals surface area contributed by atoms with Gasteiger partial charge in [-0.3, -0.25) is 0 Å². The first-order chi connectivity index (χ1) is 12.5. The Bertz CT molecular complexity index is 731. The lowest BCUT2D eigenvalue weighted by molar-refractivity contribution is 0.0621. The predicted molar refractivity (Wildman–Crippen MR) is 104 cm³/mol. The maximum Gasteiger partial charge on any atom is 0.192 e. The number of thiophene rings is 1. The lowest BCUT2D eigenvalue weighted by Crippen LogP contribution is -2.47. The number of rotatable bonds is 6. The fourth-order valence-corrected chi connectivity index (χ4v) is 3.87. The summed E-state index contributed by atoms with van der Waals surface area (Å²) in [6.45, 7) is 4.58. The van der Waals surface area contributed by atoms with Crippen molar-refractivity contribution in [2.45, 2.75) is 57.7 Å². The third kappa shape index (κ3) is 4.62. The van der Waals surface area contributed by atoms with Gasteiger partial charge in [0.2, 0.25) is 0 Å². The van der Waals surface area contributed by atoms with Gasteiger partial charge in [0.05, 0.1) is 6.54 Å². The molecular weight excluding hydrogens is 348 g/mol. The first kappa shape index (κ1) is 18.8. The van der Waals surface area contributed by atoms with E-state index in [-0.39, 0.29) is 0 Å². The highest BCUT2D eigenvalue weighted by atomic mass is 32.1. The number of hydrogen-bond donors (Lipinski definition) is 3. The lowest BCUT2D eigenvalue weighted by atomic mass is 9.99. The maximum atomic E-state index is 10.8. The number of nitrogens with zero attached hydrogens (tertiary/aromatic N) is 4. The standard InChI is InChI=1S/C18H28N6OS/c1-13-22-23-16(24(13)3)10-19-17(21-15-6-4-5-7-15)20-12-18(2,25)14-8-9-26-11-14/h8-9,11,15,25H,4-7,10,12H2,1-3H3,(H2,19,20,21). The fourth-order valence-electron chi connectivity index (χ4n) is 3.08. The Kier molecular flexibility index (Phi) is 5.93. The molecule has 26 heavy (non-hydrogen) atoms. The van der Waals surface area contributed by atoms with Crippen molar-refractivity contribution in [3.05, 3.63) is 34.0 Å². The van der Waals surface area contributed by atoms with Crippen LogP contribution in [0.25, 0.3) is 0 Å². The maximum absolute atomic E-state index is 10.8. The molecule has 0 aromatic carbocycles. The number of aryl methyl sites for hydroxylation is 1. The smallest absolute Gasteiger partial charge is 0.192 e. The van der Waals surface area contributed by atoms with Crippen LogP contribution < -0.4 is 10.6 Å². The van der Waals surface area contributed by atoms with Gasteiger partial charge < -0.3 is 20.3 Å². The summed E-state index contributed by atoms with van der Waals surface area (Å²) >= 11 is 1.59. The molecule has 1 unspecified atom stereocenters. The number of aliphatic imine (C=N–C) groups is 1. The molecule has 3 N–H and O–H groups in total. The Labute approximate surface area is 158 Å². The van der Waals surface area contributed by atoms with E-state index in [1.165, 1.54) is 12.8 Å². The summed E-state index contributed by atoms with van der Waals surface area (Å²) in [5.74, 6) is 2.40. The molecule has 0 bridgehead atoms. The van der Waals surface area contributed by atoms with E-state index in [2.05, 4.69) is 25.8 Å². The number of nitrogens with one attached hydrogen (secondary N) is 2. The molecule has 0 spiro atoms. The second-order valence-electron chi connectivity index (χ2n) is 7.15. The molecular formula is C18H28N6OS. The van der Waals surface area contributed by atoms with Crippen LogP contribution in [0.4, 0.5) is 0 Å². The molecule has 3 rings (SSSR count). The minimum Gasteiger partial charge on any atom is -0.384 e. The van der Waals surface area contributed by atoms with Crippen molar-refractivity contribution in [1.29, 1.82) is 0 Å². The zero-order chi connectivity index (χ0) is 18.6. The third-order valence-corrected chi connectivity index (χ3v) is 5.68. The topological polar surface area (TPSA) is 87.4 Å². The Morgan fingerprint density at radius 3 is 2.81 bits per heavy atom. The van der Waals surface area contributed by atoms with Gasteiger partial charge in [0.1, 0.15) is 18.0 Å². The van der Waals surface area contributed by atoms with Gasteiger partial charge in [-0.15, -0.1) is 10.2 Å². The molecule has 7 nitrogen and oxygen atoms in total. The summed E-state index contributed by atoms with van der Waals surface area (Å²) < 4.78 is 1.94. The minimum absolute atomic E-state index is 0.389. The number of aromatic nitrogens is 3. The van der Waals surface area contributed by atoms with Crippen molar-refractivity contribution in [3.8, 4) is 0 Å². The second-order valence-corrected chi connectivity index (χ2v) is 7.93. The molecule has 8 heteroatoms. The number of aliphatic hydroxyl groups is 1. The van der Waals surface area contributed by atoms with Crippen LogP contribution >= 0.6 is 11.3 Å². The molecule has 142 valence electrons. The second kappa shape index (κ2) is 8.18. The van der Waals surface area contributed by atoms with Crippen molar-refractivity contribution >= 4 is 17.3 Å². The minimum atomic E-state index is -0.945. The molecule has 1 aliphatic carbocycles. The van der Waals surface area contributed by atoms with Crippen LogP contribution in [0.3, 0.4) is 0 Å². The summed E-state index contributed by atoms with van der Waals surface area (Å²) in [7, 11) is 1.94. The van der Waals surface area contributed by atoms with Gasteiger partial charge >= 0.3 is 0 Å². The largest absolute Gasteiger partial charge is 0.384 e. The summed E-state index contributed by atoms with van der Waals surface area (Å²) in [4.78, 5) is 4.68. The van der Waals surface area contributed by atoms with Gasteiger partial charge in [-0.1, -0.05) is 12.8 Å². The zero-order valence-corrected chi connectivity index (χ0v) is 16.5. The SMILES string of the molecule is Cc1nnc(CN=C(NCC(C)(O)c2ccsc2)NC2CCCC2)n1C. The summed E-state index contributed by atoms with van der Waals surface area (Å²) in [5, 5.41) is 29.8. The monoisotopic (exact) mass is 376 g/mol. The highest BCUT2D eigenvalue weighted by Crippen LogP contribution is 2.22. The van der Waals surface area contributed by atoms with E-state index in [9.17, 15) is 5.11 Å². The van der Waals surface area contributed by atoms with Gasteiger partial charge in [-0.05, 0) is 49.1 Å². The quantitative estimate of drug-likeness (QED) is 0.531. The van der Waals surface area contributed by atoms with Gasteiger partial charge in [0, 0.05) is 13.1 Å². The Balaban J connectivity index is 1.68. The van der Waals surface area contributed by atoms with Crippen molar-refractivity contribution < 1.29 is 5.11 Å². The predicted octanol–water partition coefficient (Wildman–Crippen LogP) is 2.07. The Morgan fingerprint density at radius 2 is 2.19 bits per heavy atom. The van der Waals surface area contributed by atoms with E-state index >= 15 is 0 Å². The number of hydrogen-bond acceptors (Lipinski definition) is 5.